The molecule has 1 aliphatic rings. The number of H-pyrrole nitrogens is 1. The van der Waals surface area contributed by atoms with Gasteiger partial charge < -0.3 is 19.9 Å². The maximum atomic E-state index is 12.8. The van der Waals surface area contributed by atoms with Crippen LogP contribution in [0.2, 0.25) is 0 Å². The van der Waals surface area contributed by atoms with E-state index in [1.807, 2.05) is 30.0 Å². The van der Waals surface area contributed by atoms with E-state index in [1.165, 1.54) is 0 Å². The number of aromatic amines is 1. The Bertz CT molecular complexity index is 719. The Kier molecular flexibility index (Phi) is 5.38. The number of hydrogen-bond donors (Lipinski definition) is 2. The number of rotatable bonds is 5. The van der Waals surface area contributed by atoms with Gasteiger partial charge in [-0.1, -0.05) is 12.1 Å². The van der Waals surface area contributed by atoms with Gasteiger partial charge >= 0.3 is 0 Å². The minimum Gasteiger partial charge on any atom is -0.493 e. The van der Waals surface area contributed by atoms with E-state index in [2.05, 4.69) is 10.3 Å². The molecule has 2 heterocycles. The van der Waals surface area contributed by atoms with E-state index in [0.29, 0.717) is 36.7 Å². The summed E-state index contributed by atoms with van der Waals surface area (Å²) in [7, 11) is 0. The van der Waals surface area contributed by atoms with Crippen molar-refractivity contribution in [2.24, 2.45) is 0 Å². The zero-order valence-electron chi connectivity index (χ0n) is 14.3. The molecule has 1 fully saturated rings. The Morgan fingerprint density at radius 3 is 2.64 bits per heavy atom. The van der Waals surface area contributed by atoms with Crippen LogP contribution >= 0.6 is 0 Å². The van der Waals surface area contributed by atoms with Crippen LogP contribution < -0.4 is 10.1 Å². The number of carbonyl (C=O) groups excluding carboxylic acids is 2. The van der Waals surface area contributed by atoms with Crippen molar-refractivity contribution in [2.75, 3.05) is 19.7 Å². The van der Waals surface area contributed by atoms with Crippen LogP contribution in [-0.4, -0.2) is 47.4 Å². The van der Waals surface area contributed by atoms with E-state index in [-0.39, 0.29) is 17.9 Å². The summed E-state index contributed by atoms with van der Waals surface area (Å²) in [5, 5.41) is 3.02. The smallest absolute Gasteiger partial charge is 0.267 e. The molecular weight excluding hydrogens is 318 g/mol. The second-order valence-corrected chi connectivity index (χ2v) is 6.05. The first-order chi connectivity index (χ1) is 12.2. The lowest BCUT2D eigenvalue weighted by Crippen LogP contribution is -2.46. The zero-order valence-corrected chi connectivity index (χ0v) is 14.3. The van der Waals surface area contributed by atoms with E-state index in [9.17, 15) is 9.59 Å². The Hall–Kier alpha value is -2.76. The first-order valence-corrected chi connectivity index (χ1v) is 8.64. The van der Waals surface area contributed by atoms with Gasteiger partial charge in [0.2, 0.25) is 0 Å². The van der Waals surface area contributed by atoms with Crippen molar-refractivity contribution in [3.8, 4) is 5.75 Å². The first kappa shape index (κ1) is 17.1. The highest BCUT2D eigenvalue weighted by Crippen LogP contribution is 2.22. The molecule has 2 N–H and O–H groups in total. The summed E-state index contributed by atoms with van der Waals surface area (Å²) in [5.41, 5.74) is 1.15. The maximum Gasteiger partial charge on any atom is 0.267 e. The van der Waals surface area contributed by atoms with E-state index < -0.39 is 0 Å². The second-order valence-electron chi connectivity index (χ2n) is 6.05. The lowest BCUT2D eigenvalue weighted by atomic mass is 10.0. The van der Waals surface area contributed by atoms with Gasteiger partial charge in [0.05, 0.1) is 12.2 Å². The van der Waals surface area contributed by atoms with Crippen LogP contribution in [0.25, 0.3) is 0 Å². The fraction of sp³-hybridized carbons (Fsp3) is 0.368. The fourth-order valence-corrected chi connectivity index (χ4v) is 3.06. The van der Waals surface area contributed by atoms with E-state index in [1.54, 1.807) is 24.4 Å². The monoisotopic (exact) mass is 341 g/mol. The van der Waals surface area contributed by atoms with Crippen molar-refractivity contribution in [2.45, 2.75) is 25.8 Å². The number of nitrogens with zero attached hydrogens (tertiary/aromatic N) is 1. The quantitative estimate of drug-likeness (QED) is 0.877. The Morgan fingerprint density at radius 1 is 1.20 bits per heavy atom. The number of nitrogens with one attached hydrogen (secondary N) is 2. The number of para-hydroxylation sites is 1. The molecule has 0 bridgehead atoms. The highest BCUT2D eigenvalue weighted by Gasteiger charge is 2.26. The molecule has 6 heteroatoms. The molecule has 1 saturated heterocycles. The third kappa shape index (κ3) is 4.02. The van der Waals surface area contributed by atoms with Crippen molar-refractivity contribution in [3.05, 3.63) is 53.9 Å². The number of benzene rings is 1. The van der Waals surface area contributed by atoms with Crippen molar-refractivity contribution < 1.29 is 14.3 Å². The van der Waals surface area contributed by atoms with Gasteiger partial charge in [-0.15, -0.1) is 0 Å². The van der Waals surface area contributed by atoms with Crippen LogP contribution in [0.15, 0.2) is 42.6 Å². The van der Waals surface area contributed by atoms with E-state index in [0.717, 1.165) is 12.8 Å². The molecule has 1 aliphatic heterocycles. The zero-order chi connectivity index (χ0) is 17.6. The van der Waals surface area contributed by atoms with Gasteiger partial charge in [-0.05, 0) is 44.0 Å². The van der Waals surface area contributed by atoms with Gasteiger partial charge in [-0.2, -0.15) is 0 Å². The lowest BCUT2D eigenvalue weighted by molar-refractivity contribution is 0.0694. The molecular formula is C19H23N3O3. The summed E-state index contributed by atoms with van der Waals surface area (Å²) in [6.07, 6.45) is 3.22. The normalized spacial score (nSPS) is 15.0. The number of carbonyl (C=O) groups is 2. The summed E-state index contributed by atoms with van der Waals surface area (Å²) >= 11 is 0. The first-order valence-electron chi connectivity index (χ1n) is 8.64. The molecule has 132 valence electrons. The average molecular weight is 341 g/mol. The van der Waals surface area contributed by atoms with Crippen LogP contribution in [0.4, 0.5) is 0 Å². The van der Waals surface area contributed by atoms with Gasteiger partial charge in [-0.25, -0.2) is 0 Å². The summed E-state index contributed by atoms with van der Waals surface area (Å²) in [6.45, 7) is 3.67. The molecule has 1 aromatic heterocycles. The SMILES string of the molecule is CCOc1ccccc1C(=O)N1CCC(NC(=O)c2ccc[nH]2)CC1. The van der Waals surface area contributed by atoms with E-state index >= 15 is 0 Å². The van der Waals surface area contributed by atoms with Crippen molar-refractivity contribution in [1.82, 2.24) is 15.2 Å². The highest BCUT2D eigenvalue weighted by atomic mass is 16.5. The molecule has 0 atom stereocenters. The molecule has 25 heavy (non-hydrogen) atoms. The molecule has 1 aromatic carbocycles. The van der Waals surface area contributed by atoms with Crippen LogP contribution in [0.5, 0.6) is 5.75 Å². The number of ether oxygens (including phenoxy) is 1. The molecule has 0 radical (unpaired) electrons. The van der Waals surface area contributed by atoms with Crippen LogP contribution in [0.1, 0.15) is 40.6 Å². The van der Waals surface area contributed by atoms with Crippen molar-refractivity contribution in [1.29, 1.82) is 0 Å². The topological polar surface area (TPSA) is 74.4 Å². The van der Waals surface area contributed by atoms with Crippen LogP contribution in [0.3, 0.4) is 0 Å². The predicted molar refractivity (Wildman–Crippen MR) is 94.8 cm³/mol. The van der Waals surface area contributed by atoms with E-state index in [4.69, 9.17) is 4.74 Å². The molecule has 0 unspecified atom stereocenters. The fourth-order valence-electron chi connectivity index (χ4n) is 3.06. The molecule has 0 spiro atoms. The number of piperidine rings is 1. The number of aromatic nitrogens is 1. The second kappa shape index (κ2) is 7.88. The number of amides is 2. The standard InChI is InChI=1S/C19H23N3O3/c1-2-25-17-8-4-3-6-15(17)19(24)22-12-9-14(10-13-22)21-18(23)16-7-5-11-20-16/h3-8,11,14,20H,2,9-10,12-13H2,1H3,(H,21,23). The average Bonchev–Trinajstić information content (AvgIpc) is 3.17. The molecule has 2 amide bonds. The van der Waals surface area contributed by atoms with Crippen molar-refractivity contribution >= 4 is 11.8 Å². The van der Waals surface area contributed by atoms with Crippen molar-refractivity contribution in [3.63, 3.8) is 0 Å². The predicted octanol–water partition coefficient (Wildman–Crippen LogP) is 2.45. The minimum absolute atomic E-state index is 0.0156. The van der Waals surface area contributed by atoms with Gasteiger partial charge in [-0.3, -0.25) is 9.59 Å². The van der Waals surface area contributed by atoms with Gasteiger partial charge in [0.25, 0.3) is 11.8 Å². The van der Waals surface area contributed by atoms with Crippen LogP contribution in [0, 0.1) is 0 Å². The third-order valence-electron chi connectivity index (χ3n) is 4.38. The largest absolute Gasteiger partial charge is 0.493 e. The minimum atomic E-state index is -0.100. The lowest BCUT2D eigenvalue weighted by Gasteiger charge is -2.32. The molecule has 3 rings (SSSR count). The maximum absolute atomic E-state index is 12.8. The highest BCUT2D eigenvalue weighted by molar-refractivity contribution is 5.97. The Labute approximate surface area is 147 Å². The molecule has 6 nitrogen and oxygen atoms in total. The molecule has 0 aliphatic carbocycles. The summed E-state index contributed by atoms with van der Waals surface area (Å²) in [6, 6.07) is 11.0. The van der Waals surface area contributed by atoms with Crippen LogP contribution in [-0.2, 0) is 0 Å². The third-order valence-corrected chi connectivity index (χ3v) is 4.38. The Morgan fingerprint density at radius 2 is 1.96 bits per heavy atom. The Balaban J connectivity index is 1.57. The molecule has 2 aromatic rings. The van der Waals surface area contributed by atoms with Gasteiger partial charge in [0.1, 0.15) is 11.4 Å². The molecule has 0 saturated carbocycles. The summed E-state index contributed by atoms with van der Waals surface area (Å²) in [5.74, 6) is 0.506. The number of hydrogen-bond acceptors (Lipinski definition) is 3. The van der Waals surface area contributed by atoms with Gasteiger partial charge in [0, 0.05) is 25.3 Å². The van der Waals surface area contributed by atoms with Gasteiger partial charge in [0.15, 0.2) is 0 Å². The summed E-state index contributed by atoms with van der Waals surface area (Å²) < 4.78 is 5.56. The number of likely N-dealkylation sites (tertiary alicyclic amines) is 1. The summed E-state index contributed by atoms with van der Waals surface area (Å²) in [4.78, 5) is 29.6.